The third-order valence-electron chi connectivity index (χ3n) is 3.26. The Bertz CT molecular complexity index is 610. The van der Waals surface area contributed by atoms with Gasteiger partial charge in [0, 0.05) is 11.4 Å². The minimum Gasteiger partial charge on any atom is -0.399 e. The lowest BCUT2D eigenvalue weighted by molar-refractivity contribution is -0.115. The van der Waals surface area contributed by atoms with Gasteiger partial charge in [0.15, 0.2) is 0 Å². The molecule has 4 nitrogen and oxygen atoms in total. The zero-order valence-electron chi connectivity index (χ0n) is 10.4. The molecule has 0 bridgehead atoms. The molecule has 0 fully saturated rings. The number of hydrogen-bond acceptors (Lipinski definition) is 3. The van der Waals surface area contributed by atoms with Crippen molar-refractivity contribution in [3.63, 3.8) is 0 Å². The van der Waals surface area contributed by atoms with Crippen LogP contribution in [0, 0.1) is 0 Å². The molecule has 96 valence electrons. The molecule has 4 N–H and O–H groups in total. The number of nitrogen functional groups attached to an aromatic ring is 1. The highest BCUT2D eigenvalue weighted by Crippen LogP contribution is 2.31. The number of fused-ring (bicyclic) bond motifs is 1. The molecule has 0 spiro atoms. The highest BCUT2D eigenvalue weighted by molar-refractivity contribution is 5.94. The van der Waals surface area contributed by atoms with E-state index in [9.17, 15) is 4.79 Å². The molecule has 1 atom stereocenters. The number of hydrogen-bond donors (Lipinski definition) is 3. The fraction of sp³-hybridized carbons (Fsp3) is 0.133. The maximum atomic E-state index is 11.7. The van der Waals surface area contributed by atoms with Gasteiger partial charge in [-0.15, -0.1) is 0 Å². The summed E-state index contributed by atoms with van der Waals surface area (Å²) in [5.41, 5.74) is 9.49. The zero-order chi connectivity index (χ0) is 13.2. The Kier molecular flexibility index (Phi) is 2.93. The lowest BCUT2D eigenvalue weighted by Crippen LogP contribution is -2.27. The van der Waals surface area contributed by atoms with Crippen LogP contribution in [0.15, 0.2) is 48.5 Å². The molecular formula is C15H15N3O. The quantitative estimate of drug-likeness (QED) is 0.680. The molecular weight excluding hydrogens is 238 g/mol. The third-order valence-corrected chi connectivity index (χ3v) is 3.26. The van der Waals surface area contributed by atoms with Crippen LogP contribution in [0.5, 0.6) is 0 Å². The number of nitrogens with two attached hydrogens (primary N) is 1. The monoisotopic (exact) mass is 253 g/mol. The zero-order valence-corrected chi connectivity index (χ0v) is 10.4. The van der Waals surface area contributed by atoms with E-state index in [-0.39, 0.29) is 18.5 Å². The number of carbonyl (C=O) groups is 1. The summed E-state index contributed by atoms with van der Waals surface area (Å²) in [5, 5.41) is 6.16. The SMILES string of the molecule is Nc1ccc2c(c1)[C@@H](c1ccccc1)NCC(=O)N2. The van der Waals surface area contributed by atoms with Gasteiger partial charge in [0.05, 0.1) is 12.6 Å². The molecule has 1 amide bonds. The van der Waals surface area contributed by atoms with E-state index in [0.717, 1.165) is 16.8 Å². The standard InChI is InChI=1S/C15H15N3O/c16-11-6-7-13-12(8-11)15(17-9-14(19)18-13)10-4-2-1-3-5-10/h1-8,15,17H,9,16H2,(H,18,19)/t15-/m1/s1. The second-order valence-electron chi connectivity index (χ2n) is 4.62. The van der Waals surface area contributed by atoms with Crippen LogP contribution in [0.3, 0.4) is 0 Å². The number of nitrogens with one attached hydrogen (secondary N) is 2. The molecule has 1 heterocycles. The van der Waals surface area contributed by atoms with Crippen molar-refractivity contribution in [3.05, 3.63) is 59.7 Å². The molecule has 0 aliphatic carbocycles. The maximum Gasteiger partial charge on any atom is 0.238 e. The second kappa shape index (κ2) is 4.74. The Morgan fingerprint density at radius 1 is 1.11 bits per heavy atom. The van der Waals surface area contributed by atoms with Gasteiger partial charge in [0.1, 0.15) is 0 Å². The third kappa shape index (κ3) is 2.30. The summed E-state index contributed by atoms with van der Waals surface area (Å²) in [7, 11) is 0. The van der Waals surface area contributed by atoms with E-state index in [0.29, 0.717) is 5.69 Å². The average Bonchev–Trinajstić information content (AvgIpc) is 2.58. The molecule has 0 saturated carbocycles. The Hall–Kier alpha value is -2.33. The number of rotatable bonds is 1. The van der Waals surface area contributed by atoms with Crippen LogP contribution in [0.2, 0.25) is 0 Å². The molecule has 4 heteroatoms. The Morgan fingerprint density at radius 3 is 2.68 bits per heavy atom. The minimum atomic E-state index is -0.0375. The molecule has 3 rings (SSSR count). The Morgan fingerprint density at radius 2 is 1.89 bits per heavy atom. The van der Waals surface area contributed by atoms with Crippen molar-refractivity contribution in [2.75, 3.05) is 17.6 Å². The molecule has 2 aromatic rings. The first-order valence-corrected chi connectivity index (χ1v) is 6.21. The lowest BCUT2D eigenvalue weighted by atomic mass is 9.97. The van der Waals surface area contributed by atoms with E-state index in [1.807, 2.05) is 42.5 Å². The van der Waals surface area contributed by atoms with Crippen LogP contribution in [0.4, 0.5) is 11.4 Å². The van der Waals surface area contributed by atoms with E-state index in [2.05, 4.69) is 10.6 Å². The van der Waals surface area contributed by atoms with Gasteiger partial charge in [-0.05, 0) is 29.3 Å². The Balaban J connectivity index is 2.11. The highest BCUT2D eigenvalue weighted by atomic mass is 16.1. The van der Waals surface area contributed by atoms with Crippen molar-refractivity contribution in [1.29, 1.82) is 0 Å². The predicted octanol–water partition coefficient (Wildman–Crippen LogP) is 1.90. The number of benzene rings is 2. The van der Waals surface area contributed by atoms with E-state index in [1.54, 1.807) is 6.07 Å². The lowest BCUT2D eigenvalue weighted by Gasteiger charge is -2.18. The summed E-state index contributed by atoms with van der Waals surface area (Å²) < 4.78 is 0. The van der Waals surface area contributed by atoms with Gasteiger partial charge in [-0.2, -0.15) is 0 Å². The van der Waals surface area contributed by atoms with Crippen LogP contribution < -0.4 is 16.4 Å². The molecule has 1 aliphatic rings. The van der Waals surface area contributed by atoms with Gasteiger partial charge >= 0.3 is 0 Å². The smallest absolute Gasteiger partial charge is 0.238 e. The summed E-state index contributed by atoms with van der Waals surface area (Å²) in [6.45, 7) is 0.286. The average molecular weight is 253 g/mol. The maximum absolute atomic E-state index is 11.7. The summed E-state index contributed by atoms with van der Waals surface area (Å²) in [6.07, 6.45) is 0. The minimum absolute atomic E-state index is 0.0290. The molecule has 0 unspecified atom stereocenters. The van der Waals surface area contributed by atoms with Gasteiger partial charge in [-0.25, -0.2) is 0 Å². The van der Waals surface area contributed by atoms with Crippen molar-refractivity contribution in [2.24, 2.45) is 0 Å². The molecule has 0 radical (unpaired) electrons. The molecule has 0 aromatic heterocycles. The van der Waals surface area contributed by atoms with E-state index in [1.165, 1.54) is 0 Å². The summed E-state index contributed by atoms with van der Waals surface area (Å²) in [6, 6.07) is 15.6. The highest BCUT2D eigenvalue weighted by Gasteiger charge is 2.22. The fourth-order valence-corrected chi connectivity index (χ4v) is 2.38. The van der Waals surface area contributed by atoms with Gasteiger partial charge < -0.3 is 11.1 Å². The van der Waals surface area contributed by atoms with Gasteiger partial charge in [0.2, 0.25) is 5.91 Å². The van der Waals surface area contributed by atoms with Crippen LogP contribution >= 0.6 is 0 Å². The van der Waals surface area contributed by atoms with Gasteiger partial charge in [-0.1, -0.05) is 30.3 Å². The normalized spacial score (nSPS) is 18.3. The molecule has 0 saturated heterocycles. The molecule has 2 aromatic carbocycles. The van der Waals surface area contributed by atoms with Crippen LogP contribution in [0.1, 0.15) is 17.2 Å². The number of amides is 1. The van der Waals surface area contributed by atoms with Crippen LogP contribution in [-0.4, -0.2) is 12.5 Å². The second-order valence-corrected chi connectivity index (χ2v) is 4.62. The van der Waals surface area contributed by atoms with Crippen LogP contribution in [0.25, 0.3) is 0 Å². The van der Waals surface area contributed by atoms with Crippen molar-refractivity contribution < 1.29 is 4.79 Å². The van der Waals surface area contributed by atoms with Crippen molar-refractivity contribution in [1.82, 2.24) is 5.32 Å². The summed E-state index contributed by atoms with van der Waals surface area (Å²) in [4.78, 5) is 11.7. The van der Waals surface area contributed by atoms with Crippen molar-refractivity contribution >= 4 is 17.3 Å². The first kappa shape index (κ1) is 11.7. The summed E-state index contributed by atoms with van der Waals surface area (Å²) in [5.74, 6) is -0.0375. The fourth-order valence-electron chi connectivity index (χ4n) is 2.38. The predicted molar refractivity (Wildman–Crippen MR) is 75.8 cm³/mol. The van der Waals surface area contributed by atoms with E-state index >= 15 is 0 Å². The van der Waals surface area contributed by atoms with Crippen molar-refractivity contribution in [2.45, 2.75) is 6.04 Å². The Labute approximate surface area is 111 Å². The summed E-state index contributed by atoms with van der Waals surface area (Å²) >= 11 is 0. The van der Waals surface area contributed by atoms with E-state index in [4.69, 9.17) is 5.73 Å². The van der Waals surface area contributed by atoms with Crippen molar-refractivity contribution in [3.8, 4) is 0 Å². The van der Waals surface area contributed by atoms with Crippen LogP contribution in [-0.2, 0) is 4.79 Å². The van der Waals surface area contributed by atoms with E-state index < -0.39 is 0 Å². The molecule has 1 aliphatic heterocycles. The van der Waals surface area contributed by atoms with Gasteiger partial charge in [0.25, 0.3) is 0 Å². The van der Waals surface area contributed by atoms with Gasteiger partial charge in [-0.3, -0.25) is 10.1 Å². The first-order chi connectivity index (χ1) is 9.24. The largest absolute Gasteiger partial charge is 0.399 e. The first-order valence-electron chi connectivity index (χ1n) is 6.21. The molecule has 19 heavy (non-hydrogen) atoms. The number of anilines is 2. The number of carbonyl (C=O) groups excluding carboxylic acids is 1. The topological polar surface area (TPSA) is 67.1 Å².